The molecule has 6 saturated carbocycles. The summed E-state index contributed by atoms with van der Waals surface area (Å²) >= 11 is 0. The predicted molar refractivity (Wildman–Crippen MR) is 330 cm³/mol. The number of fused-ring (bicyclic) bond motifs is 2. The maximum Gasteiger partial charge on any atom is 0.160 e. The number of β-amino-alcohol motifs (C(OH)–C–C–N with tert-alkyl or cyclic N) is 1. The summed E-state index contributed by atoms with van der Waals surface area (Å²) in [6.07, 6.45) is 20.7. The molecule has 458 valence electrons. The first-order chi connectivity index (χ1) is 39.5. The van der Waals surface area contributed by atoms with Crippen LogP contribution in [0.3, 0.4) is 0 Å². The van der Waals surface area contributed by atoms with Crippen LogP contribution in [0.5, 0.6) is 5.75 Å². The van der Waals surface area contributed by atoms with Crippen molar-refractivity contribution < 1.29 is 34.8 Å². The Morgan fingerprint density at radius 2 is 1.61 bits per heavy atom. The number of carbonyl (C=O) groups excluding carboxylic acids is 2. The molecule has 10 aliphatic rings. The molecule has 0 unspecified atom stereocenters. The number of unbranched alkanes of at least 4 members (excludes halogenated alkanes) is 2. The highest BCUT2D eigenvalue weighted by Crippen LogP contribution is 2.79. The molecule has 0 aromatic heterocycles. The summed E-state index contributed by atoms with van der Waals surface area (Å²) in [7, 11) is 1.92. The molecule has 2 saturated heterocycles. The van der Waals surface area contributed by atoms with Gasteiger partial charge in [-0.3, -0.25) is 9.59 Å². The normalized spacial score (nSPS) is 44.4. The standard InChI is InChI=1S/C73H109N3O7/c1-10-11-12-17-46-33-47-19-15-18-45-22-23-53(64(80)67-72(8,83-67)55-21-16-20-52(55)48-29-43(28-42(2)3)31-50(74)34-48)62(61(45)47)63-56-24-25-60-70(6)36-54(49-30-44(39-75-9)32-51(78)35-49)66(81)69(5)27-14-13-26-68(4,82)41-76-58(65(69)70)37-73(60,57(46)40-77)71(56,7)38-59(63)79/h29-32,34-35,42,45-47,52-55,57-58,60-62,64-65,67,75-78,80,82H,10-28,33,36-41,74H2,1-9H3/t45-,46-,47-,52+,53+,54-,55+,57+,58-,60+,61+,62-,64+,65-,67+,68+,69+,70-,71-,72+,73+/m0/s1. The van der Waals surface area contributed by atoms with E-state index in [9.17, 15) is 20.4 Å². The number of nitrogens with one attached hydrogen (secondary N) is 2. The number of nitrogens with two attached hydrogens (primary N) is 1. The van der Waals surface area contributed by atoms with Crippen molar-refractivity contribution in [1.82, 2.24) is 10.6 Å². The van der Waals surface area contributed by atoms with Gasteiger partial charge in [0.25, 0.3) is 0 Å². The molecule has 8 fully saturated rings. The van der Waals surface area contributed by atoms with E-state index in [1.165, 1.54) is 29.5 Å². The molecule has 1 spiro atoms. The Morgan fingerprint density at radius 1 is 0.855 bits per heavy atom. The summed E-state index contributed by atoms with van der Waals surface area (Å²) in [6, 6.07) is 12.5. The fourth-order valence-electron chi connectivity index (χ4n) is 23.6. The zero-order chi connectivity index (χ0) is 58.8. The van der Waals surface area contributed by atoms with Crippen molar-refractivity contribution in [3.05, 3.63) is 69.8 Å². The minimum absolute atomic E-state index is 0.0497. The molecule has 12 rings (SSSR count). The summed E-state index contributed by atoms with van der Waals surface area (Å²) in [5, 5.41) is 57.5. The van der Waals surface area contributed by atoms with Crippen molar-refractivity contribution in [2.24, 2.45) is 86.8 Å². The fourth-order valence-corrected chi connectivity index (χ4v) is 23.6. The number of aromatic hydroxyl groups is 1. The van der Waals surface area contributed by atoms with Gasteiger partial charge in [0, 0.05) is 54.6 Å². The molecule has 10 heteroatoms. The number of Topliss-reactive ketones (excluding diaryl/α,β-unsaturated/α-hetero) is 2. The first-order valence-electron chi connectivity index (χ1n) is 34.2. The van der Waals surface area contributed by atoms with E-state index in [4.69, 9.17) is 10.5 Å². The van der Waals surface area contributed by atoms with Gasteiger partial charge in [-0.1, -0.05) is 123 Å². The van der Waals surface area contributed by atoms with E-state index in [-0.39, 0.29) is 83.4 Å². The summed E-state index contributed by atoms with van der Waals surface area (Å²) in [6.45, 7) is 19.5. The Labute approximate surface area is 499 Å². The number of epoxide rings is 1. The zero-order valence-electron chi connectivity index (χ0n) is 52.7. The lowest BCUT2D eigenvalue weighted by atomic mass is 9.30. The number of aliphatic hydroxyl groups is 3. The number of phenols is 1. The topological polar surface area (TPSA) is 178 Å². The largest absolute Gasteiger partial charge is 0.508 e. The summed E-state index contributed by atoms with van der Waals surface area (Å²) in [4.78, 5) is 32.5. The molecule has 8 aliphatic carbocycles. The monoisotopic (exact) mass is 1140 g/mol. The Bertz CT molecular complexity index is 2790. The fraction of sp³-hybridized carbons (Fsp3) is 0.781. The van der Waals surface area contributed by atoms with Crippen molar-refractivity contribution in [3.63, 3.8) is 0 Å². The molecule has 0 radical (unpaired) electrons. The van der Waals surface area contributed by atoms with Gasteiger partial charge in [0.05, 0.1) is 17.3 Å². The molecule has 8 N–H and O–H groups in total. The number of allylic oxidation sites excluding steroid dienone is 2. The third kappa shape index (κ3) is 9.91. The van der Waals surface area contributed by atoms with E-state index in [0.29, 0.717) is 56.0 Å². The number of ether oxygens (including phenoxy) is 1. The van der Waals surface area contributed by atoms with Gasteiger partial charge in [-0.25, -0.2) is 0 Å². The van der Waals surface area contributed by atoms with Crippen molar-refractivity contribution in [2.75, 3.05) is 25.9 Å². The molecule has 10 nitrogen and oxygen atoms in total. The lowest BCUT2D eigenvalue weighted by Gasteiger charge is -2.74. The summed E-state index contributed by atoms with van der Waals surface area (Å²) in [5.41, 5.74) is 10.7. The third-order valence-electron chi connectivity index (χ3n) is 26.5. The number of hydrogen-bond acceptors (Lipinski definition) is 10. The second-order valence-corrected chi connectivity index (χ2v) is 31.9. The molecule has 0 amide bonds. The van der Waals surface area contributed by atoms with Gasteiger partial charge in [0.1, 0.15) is 17.6 Å². The van der Waals surface area contributed by atoms with Crippen LogP contribution in [0.15, 0.2) is 47.5 Å². The Morgan fingerprint density at radius 3 is 2.37 bits per heavy atom. The van der Waals surface area contributed by atoms with Crippen LogP contribution < -0.4 is 16.4 Å². The maximum absolute atomic E-state index is 16.4. The van der Waals surface area contributed by atoms with E-state index in [0.717, 1.165) is 138 Å². The van der Waals surface area contributed by atoms with Crippen LogP contribution in [0.4, 0.5) is 5.69 Å². The van der Waals surface area contributed by atoms with Crippen LogP contribution in [-0.4, -0.2) is 81.6 Å². The molecular weight excluding hydrogens is 1030 g/mol. The minimum Gasteiger partial charge on any atom is -0.508 e. The Hall–Kier alpha value is -3.12. The number of carbonyl (C=O) groups is 2. The number of anilines is 1. The van der Waals surface area contributed by atoms with Crippen LogP contribution in [0.25, 0.3) is 0 Å². The highest BCUT2D eigenvalue weighted by atomic mass is 16.6. The average molecular weight is 1140 g/mol. The summed E-state index contributed by atoms with van der Waals surface area (Å²) < 4.78 is 7.09. The van der Waals surface area contributed by atoms with Crippen LogP contribution in [0.2, 0.25) is 0 Å². The van der Waals surface area contributed by atoms with Crippen molar-refractivity contribution in [1.29, 1.82) is 0 Å². The predicted octanol–water partition coefficient (Wildman–Crippen LogP) is 13.3. The lowest BCUT2D eigenvalue weighted by molar-refractivity contribution is -0.233. The van der Waals surface area contributed by atoms with Crippen LogP contribution in [0.1, 0.15) is 231 Å². The molecule has 2 aromatic carbocycles. The first kappa shape index (κ1) is 60.2. The van der Waals surface area contributed by atoms with Crippen molar-refractivity contribution >= 4 is 17.3 Å². The lowest BCUT2D eigenvalue weighted by Crippen LogP contribution is -2.73. The quantitative estimate of drug-likeness (QED) is 0.0547. The van der Waals surface area contributed by atoms with Crippen LogP contribution in [0, 0.1) is 86.8 Å². The number of phenolic OH excluding ortho intramolecular Hbond substituents is 1. The van der Waals surface area contributed by atoms with Gasteiger partial charge in [0.15, 0.2) is 5.78 Å². The van der Waals surface area contributed by atoms with Crippen molar-refractivity contribution in [2.45, 2.75) is 251 Å². The molecular formula is C73H109N3O7. The highest BCUT2D eigenvalue weighted by Gasteiger charge is 2.76. The zero-order valence-corrected chi connectivity index (χ0v) is 52.7. The van der Waals surface area contributed by atoms with Gasteiger partial charge in [-0.15, -0.1) is 0 Å². The maximum atomic E-state index is 16.4. The SMILES string of the molecule is CCCCC[C@H]1C[C@@H]2CCC[C@H]3CC[C@@H]([C@@H](O)[C@H]4O[C@]4(C)[C@@H]4CCC[C@@H]4c4cc(N)cc(CC(C)C)c4)[C@H](C4=C5CC[C@@H]6[C@]7(C)C[C@@H](c8cc(O)cc(CNC)c8)C(=O)[C@]8(C)CCCC[C@@](C)(O)CN[C@@H](C[C@]6([C@@H]1CO)[C@@]5(C)CC4=O)[C@H]78)[C@H]32. The Kier molecular flexibility index (Phi) is 16.3. The van der Waals surface area contributed by atoms with E-state index in [2.05, 4.69) is 83.4 Å². The van der Waals surface area contributed by atoms with E-state index >= 15 is 9.59 Å². The van der Waals surface area contributed by atoms with Crippen LogP contribution >= 0.6 is 0 Å². The summed E-state index contributed by atoms with van der Waals surface area (Å²) in [5.74, 6) is 2.61. The van der Waals surface area contributed by atoms with Gasteiger partial charge < -0.3 is 41.5 Å². The second kappa shape index (κ2) is 22.5. The number of nitrogen functional groups attached to an aromatic ring is 1. The molecule has 2 aromatic rings. The number of rotatable bonds is 14. The van der Waals surface area contributed by atoms with E-state index in [1.807, 2.05) is 26.1 Å². The first-order valence-corrected chi connectivity index (χ1v) is 34.2. The van der Waals surface area contributed by atoms with Gasteiger partial charge in [-0.05, 0) is 232 Å². The van der Waals surface area contributed by atoms with Crippen molar-refractivity contribution in [3.8, 4) is 5.75 Å². The minimum atomic E-state index is -0.936. The molecule has 2 heterocycles. The number of benzene rings is 2. The second-order valence-electron chi connectivity index (χ2n) is 31.9. The van der Waals surface area contributed by atoms with Gasteiger partial charge >= 0.3 is 0 Å². The van der Waals surface area contributed by atoms with E-state index < -0.39 is 44.9 Å². The van der Waals surface area contributed by atoms with Crippen LogP contribution in [-0.2, 0) is 27.3 Å². The van der Waals surface area contributed by atoms with Gasteiger partial charge in [-0.2, -0.15) is 0 Å². The molecule has 21 atom stereocenters. The molecule has 83 heavy (non-hydrogen) atoms. The van der Waals surface area contributed by atoms with Gasteiger partial charge in [0.2, 0.25) is 0 Å². The average Bonchev–Trinajstić information content (AvgIpc) is 1.75. The molecule has 2 aliphatic heterocycles. The number of aliphatic hydroxyl groups excluding tert-OH is 2. The highest BCUT2D eigenvalue weighted by molar-refractivity contribution is 6.01. The van der Waals surface area contributed by atoms with E-state index in [1.54, 1.807) is 0 Å². The smallest absolute Gasteiger partial charge is 0.160 e. The molecule has 4 bridgehead atoms. The third-order valence-corrected chi connectivity index (χ3v) is 26.5. The Balaban J connectivity index is 1.01. The number of ketones is 2. The number of hydrogen-bond donors (Lipinski definition) is 7.